The van der Waals surface area contributed by atoms with Gasteiger partial charge in [0.25, 0.3) is 0 Å². The van der Waals surface area contributed by atoms with E-state index in [4.69, 9.17) is 0 Å². The van der Waals surface area contributed by atoms with Gasteiger partial charge >= 0.3 is 0 Å². The largest absolute Gasteiger partial charge is 0.315 e. The van der Waals surface area contributed by atoms with Crippen LogP contribution < -0.4 is 5.32 Å². The van der Waals surface area contributed by atoms with Gasteiger partial charge in [-0.3, -0.25) is 0 Å². The minimum atomic E-state index is 0.531. The van der Waals surface area contributed by atoms with E-state index >= 15 is 0 Å². The van der Waals surface area contributed by atoms with Gasteiger partial charge < -0.3 is 5.32 Å². The lowest BCUT2D eigenvalue weighted by Gasteiger charge is -2.40. The number of allylic oxidation sites excluding steroid dienone is 1. The molecular formula is C9H17N. The predicted octanol–water partition coefficient (Wildman–Crippen LogP) is 1.95. The summed E-state index contributed by atoms with van der Waals surface area (Å²) in [5, 5.41) is 3.32. The van der Waals surface area contributed by atoms with Crippen molar-refractivity contribution in [2.24, 2.45) is 5.41 Å². The minimum absolute atomic E-state index is 0.531. The Hall–Kier alpha value is -0.300. The first kappa shape index (κ1) is 7.80. The lowest BCUT2D eigenvalue weighted by molar-refractivity contribution is 0.219. The van der Waals surface area contributed by atoms with Gasteiger partial charge in [0.05, 0.1) is 0 Å². The Labute approximate surface area is 63.5 Å². The molecule has 1 N–H and O–H groups in total. The zero-order valence-corrected chi connectivity index (χ0v) is 6.98. The summed E-state index contributed by atoms with van der Waals surface area (Å²) in [6.07, 6.45) is 7.17. The van der Waals surface area contributed by atoms with Crippen molar-refractivity contribution in [3.8, 4) is 0 Å². The van der Waals surface area contributed by atoms with Gasteiger partial charge in [-0.25, -0.2) is 0 Å². The molecule has 0 saturated carbocycles. The molecule has 0 amide bonds. The summed E-state index contributed by atoms with van der Waals surface area (Å²) in [4.78, 5) is 0. The van der Waals surface area contributed by atoms with Gasteiger partial charge in [-0.1, -0.05) is 25.5 Å². The van der Waals surface area contributed by atoms with E-state index in [1.54, 1.807) is 0 Å². The van der Waals surface area contributed by atoms with Gasteiger partial charge in [0.15, 0.2) is 0 Å². The second-order valence-corrected chi connectivity index (χ2v) is 3.22. The summed E-state index contributed by atoms with van der Waals surface area (Å²) in [6, 6.07) is 0. The second-order valence-electron chi connectivity index (χ2n) is 3.22. The summed E-state index contributed by atoms with van der Waals surface area (Å²) >= 11 is 0. The molecule has 0 aromatic rings. The van der Waals surface area contributed by atoms with Crippen LogP contribution in [0.3, 0.4) is 0 Å². The van der Waals surface area contributed by atoms with E-state index in [1.807, 2.05) is 0 Å². The van der Waals surface area contributed by atoms with Gasteiger partial charge in [0, 0.05) is 18.5 Å². The van der Waals surface area contributed by atoms with Crippen LogP contribution >= 0.6 is 0 Å². The third-order valence-electron chi connectivity index (χ3n) is 2.22. The zero-order valence-electron chi connectivity index (χ0n) is 6.98. The Morgan fingerprint density at radius 3 is 2.50 bits per heavy atom. The van der Waals surface area contributed by atoms with Crippen LogP contribution in [0.4, 0.5) is 0 Å². The fourth-order valence-electron chi connectivity index (χ4n) is 1.68. The van der Waals surface area contributed by atoms with Crippen molar-refractivity contribution in [2.75, 3.05) is 13.1 Å². The SMILES string of the molecule is C/C=C\C1(CCC)CNC1. The van der Waals surface area contributed by atoms with E-state index in [0.29, 0.717) is 5.41 Å². The quantitative estimate of drug-likeness (QED) is 0.589. The molecule has 1 aliphatic rings. The van der Waals surface area contributed by atoms with Gasteiger partial charge in [0.1, 0.15) is 0 Å². The van der Waals surface area contributed by atoms with Crippen molar-refractivity contribution in [1.29, 1.82) is 0 Å². The molecule has 0 bridgehead atoms. The van der Waals surface area contributed by atoms with Crippen LogP contribution in [0.2, 0.25) is 0 Å². The van der Waals surface area contributed by atoms with E-state index in [-0.39, 0.29) is 0 Å². The highest BCUT2D eigenvalue weighted by Gasteiger charge is 2.32. The number of nitrogens with one attached hydrogen (secondary N) is 1. The first-order valence-corrected chi connectivity index (χ1v) is 4.17. The van der Waals surface area contributed by atoms with E-state index in [0.717, 1.165) is 0 Å². The first-order valence-electron chi connectivity index (χ1n) is 4.17. The van der Waals surface area contributed by atoms with Gasteiger partial charge in [-0.15, -0.1) is 0 Å². The maximum absolute atomic E-state index is 3.32. The molecule has 1 nitrogen and oxygen atoms in total. The number of hydrogen-bond donors (Lipinski definition) is 1. The van der Waals surface area contributed by atoms with Crippen LogP contribution in [-0.4, -0.2) is 13.1 Å². The molecule has 0 radical (unpaired) electrons. The van der Waals surface area contributed by atoms with Gasteiger partial charge in [-0.2, -0.15) is 0 Å². The minimum Gasteiger partial charge on any atom is -0.315 e. The van der Waals surface area contributed by atoms with Crippen LogP contribution in [0, 0.1) is 5.41 Å². The van der Waals surface area contributed by atoms with E-state index in [9.17, 15) is 0 Å². The van der Waals surface area contributed by atoms with E-state index < -0.39 is 0 Å². The van der Waals surface area contributed by atoms with E-state index in [1.165, 1.54) is 25.9 Å². The highest BCUT2D eigenvalue weighted by atomic mass is 15.0. The average molecular weight is 139 g/mol. The predicted molar refractivity (Wildman–Crippen MR) is 45.0 cm³/mol. The standard InChI is InChI=1S/C9H17N/c1-3-5-9(6-4-2)7-10-8-9/h3,5,10H,4,6-8H2,1-2H3/b5-3-. The molecular weight excluding hydrogens is 122 g/mol. The van der Waals surface area contributed by atoms with Crippen LogP contribution in [0.15, 0.2) is 12.2 Å². The molecule has 1 heterocycles. The monoisotopic (exact) mass is 139 g/mol. The summed E-state index contributed by atoms with van der Waals surface area (Å²) in [6.45, 7) is 6.73. The molecule has 1 aliphatic heterocycles. The lowest BCUT2D eigenvalue weighted by atomic mass is 9.77. The van der Waals surface area contributed by atoms with E-state index in [2.05, 4.69) is 31.3 Å². The summed E-state index contributed by atoms with van der Waals surface area (Å²) in [7, 11) is 0. The Morgan fingerprint density at radius 1 is 1.50 bits per heavy atom. The van der Waals surface area contributed by atoms with Crippen molar-refractivity contribution in [2.45, 2.75) is 26.7 Å². The Balaban J connectivity index is 2.42. The smallest absolute Gasteiger partial charge is 0.0131 e. The van der Waals surface area contributed by atoms with Crippen LogP contribution in [-0.2, 0) is 0 Å². The number of hydrogen-bond acceptors (Lipinski definition) is 1. The van der Waals surface area contributed by atoms with Crippen molar-refractivity contribution in [3.05, 3.63) is 12.2 Å². The van der Waals surface area contributed by atoms with Crippen LogP contribution in [0.1, 0.15) is 26.7 Å². The summed E-state index contributed by atoms with van der Waals surface area (Å²) < 4.78 is 0. The molecule has 0 spiro atoms. The molecule has 58 valence electrons. The van der Waals surface area contributed by atoms with Crippen LogP contribution in [0.25, 0.3) is 0 Å². The van der Waals surface area contributed by atoms with Crippen molar-refractivity contribution < 1.29 is 0 Å². The molecule has 0 aromatic heterocycles. The molecule has 0 aromatic carbocycles. The maximum Gasteiger partial charge on any atom is 0.0131 e. The van der Waals surface area contributed by atoms with Crippen molar-refractivity contribution in [1.82, 2.24) is 5.32 Å². The van der Waals surface area contributed by atoms with Gasteiger partial charge in [0.2, 0.25) is 0 Å². The Kier molecular flexibility index (Phi) is 2.50. The molecule has 0 atom stereocenters. The summed E-state index contributed by atoms with van der Waals surface area (Å²) in [5.41, 5.74) is 0.531. The fourth-order valence-corrected chi connectivity index (χ4v) is 1.68. The molecule has 0 unspecified atom stereocenters. The molecule has 1 fully saturated rings. The summed E-state index contributed by atoms with van der Waals surface area (Å²) in [5.74, 6) is 0. The van der Waals surface area contributed by atoms with Crippen molar-refractivity contribution in [3.63, 3.8) is 0 Å². The fraction of sp³-hybridized carbons (Fsp3) is 0.778. The molecule has 1 saturated heterocycles. The van der Waals surface area contributed by atoms with Crippen LogP contribution in [0.5, 0.6) is 0 Å². The third-order valence-corrected chi connectivity index (χ3v) is 2.22. The molecule has 10 heavy (non-hydrogen) atoms. The molecule has 1 heteroatoms. The highest BCUT2D eigenvalue weighted by molar-refractivity contribution is 5.06. The highest BCUT2D eigenvalue weighted by Crippen LogP contribution is 2.29. The number of rotatable bonds is 3. The van der Waals surface area contributed by atoms with Crippen molar-refractivity contribution >= 4 is 0 Å². The molecule has 1 rings (SSSR count). The Bertz CT molecular complexity index is 123. The maximum atomic E-state index is 3.32. The second kappa shape index (κ2) is 3.20. The average Bonchev–Trinajstić information content (AvgIpc) is 1.84. The Morgan fingerprint density at radius 2 is 2.20 bits per heavy atom. The van der Waals surface area contributed by atoms with Gasteiger partial charge in [-0.05, 0) is 13.3 Å². The lowest BCUT2D eigenvalue weighted by Crippen LogP contribution is -2.51. The third kappa shape index (κ3) is 1.40. The topological polar surface area (TPSA) is 12.0 Å². The normalized spacial score (nSPS) is 23.0. The zero-order chi connectivity index (χ0) is 7.45. The first-order chi connectivity index (χ1) is 4.83. The molecule has 0 aliphatic carbocycles.